The van der Waals surface area contributed by atoms with Crippen molar-refractivity contribution in [3.63, 3.8) is 0 Å². The molecule has 0 aliphatic heterocycles. The Morgan fingerprint density at radius 3 is 1.36 bits per heavy atom. The summed E-state index contributed by atoms with van der Waals surface area (Å²) in [5, 5.41) is 0. The van der Waals surface area contributed by atoms with Gasteiger partial charge < -0.3 is 33.2 Å². The highest BCUT2D eigenvalue weighted by molar-refractivity contribution is 6.60. The number of methoxy groups -OCH3 is 3. The molecule has 0 fully saturated rings. The Morgan fingerprint density at radius 2 is 0.974 bits per heavy atom. The van der Waals surface area contributed by atoms with Crippen LogP contribution in [0.25, 0.3) is 0 Å². The minimum absolute atomic E-state index is 0. The lowest BCUT2D eigenvalue weighted by atomic mass is 9.85. The van der Waals surface area contributed by atoms with Crippen LogP contribution < -0.4 is 5.73 Å². The van der Waals surface area contributed by atoms with Gasteiger partial charge in [-0.25, -0.2) is 0 Å². The average molecular weight is 600 g/mol. The third-order valence-corrected chi connectivity index (χ3v) is 9.85. The highest BCUT2D eigenvalue weighted by atomic mass is 35.5. The summed E-state index contributed by atoms with van der Waals surface area (Å²) in [5.74, 6) is 0.609. The molecule has 0 aliphatic carbocycles. The second kappa shape index (κ2) is 28.4. The molecule has 1 unspecified atom stereocenters. The lowest BCUT2D eigenvalue weighted by Gasteiger charge is -2.31. The van der Waals surface area contributed by atoms with Gasteiger partial charge in [-0.1, -0.05) is 90.4 Å². The maximum Gasteiger partial charge on any atom is 0.501 e. The molecule has 0 heterocycles. The van der Waals surface area contributed by atoms with Gasteiger partial charge in [0.1, 0.15) is 0 Å². The molecule has 1 atom stereocenters. The summed E-state index contributed by atoms with van der Waals surface area (Å²) in [6.07, 6.45) is 19.5. The van der Waals surface area contributed by atoms with Gasteiger partial charge in [0.05, 0.1) is 39.6 Å². The van der Waals surface area contributed by atoms with Crippen LogP contribution in [0.3, 0.4) is 0 Å². The van der Waals surface area contributed by atoms with Gasteiger partial charge >= 0.3 is 8.80 Å². The van der Waals surface area contributed by atoms with E-state index in [1.807, 2.05) is 0 Å². The minimum atomic E-state index is -2.87. The van der Waals surface area contributed by atoms with Crippen LogP contribution in [0.1, 0.15) is 117 Å². The summed E-state index contributed by atoms with van der Waals surface area (Å²) in [5.41, 5.74) is 6.30. The zero-order chi connectivity index (χ0) is 28.4. The van der Waals surface area contributed by atoms with Gasteiger partial charge in [0.15, 0.2) is 0 Å². The molecule has 0 radical (unpaired) electrons. The van der Waals surface area contributed by atoms with E-state index in [4.69, 9.17) is 33.2 Å². The van der Waals surface area contributed by atoms with Crippen LogP contribution in [0.4, 0.5) is 0 Å². The SMILES string of the molecule is CCCCCCCCCCCCCC(CCC[Si](OCCOC)(OCCOC)OCCOC)CC(C)(C)N.Cl. The molecule has 238 valence electrons. The molecule has 0 saturated heterocycles. The van der Waals surface area contributed by atoms with Gasteiger partial charge in [-0.15, -0.1) is 12.4 Å². The Hall–Kier alpha value is 0.227. The highest BCUT2D eigenvalue weighted by Gasteiger charge is 2.41. The standard InChI is InChI=1S/C30H65NO6Si.ClH/c1-7-8-9-10-11-12-13-14-15-16-17-19-29(28-30(2,3)31)20-18-27-38(35-24-21-32-4,36-25-22-33-5)37-26-23-34-6;/h29H,7-28,31H2,1-6H3;1H. The van der Waals surface area contributed by atoms with E-state index in [9.17, 15) is 0 Å². The lowest BCUT2D eigenvalue weighted by Crippen LogP contribution is -2.48. The predicted octanol–water partition coefficient (Wildman–Crippen LogP) is 7.56. The molecule has 0 bridgehead atoms. The van der Waals surface area contributed by atoms with Crippen molar-refractivity contribution in [1.29, 1.82) is 0 Å². The van der Waals surface area contributed by atoms with Crippen LogP contribution >= 0.6 is 12.4 Å². The molecule has 0 aliphatic rings. The molecular weight excluding hydrogens is 534 g/mol. The number of rotatable bonds is 30. The van der Waals surface area contributed by atoms with E-state index in [1.165, 1.54) is 77.0 Å². The quantitative estimate of drug-likeness (QED) is 0.0673. The Kier molecular flexibility index (Phi) is 30.1. The number of hydrogen-bond donors (Lipinski definition) is 1. The highest BCUT2D eigenvalue weighted by Crippen LogP contribution is 2.28. The topological polar surface area (TPSA) is 81.4 Å². The smallest absolute Gasteiger partial charge is 0.382 e. The number of nitrogens with two attached hydrogens (primary N) is 1. The monoisotopic (exact) mass is 599 g/mol. The van der Waals surface area contributed by atoms with Crippen LogP contribution in [0.2, 0.25) is 6.04 Å². The van der Waals surface area contributed by atoms with Gasteiger partial charge in [-0.2, -0.15) is 0 Å². The van der Waals surface area contributed by atoms with E-state index < -0.39 is 8.80 Å². The first kappa shape index (κ1) is 41.4. The zero-order valence-corrected chi connectivity index (χ0v) is 28.4. The van der Waals surface area contributed by atoms with Crippen molar-refractivity contribution >= 4 is 21.2 Å². The van der Waals surface area contributed by atoms with Crippen LogP contribution in [-0.2, 0) is 27.5 Å². The molecule has 7 nitrogen and oxygen atoms in total. The van der Waals surface area contributed by atoms with E-state index in [1.54, 1.807) is 21.3 Å². The molecule has 0 aromatic carbocycles. The molecule has 2 N–H and O–H groups in total. The summed E-state index contributed by atoms with van der Waals surface area (Å²) in [6.45, 7) is 9.49. The zero-order valence-electron chi connectivity index (χ0n) is 26.6. The van der Waals surface area contributed by atoms with Crippen molar-refractivity contribution < 1.29 is 27.5 Å². The normalized spacial score (nSPS) is 13.0. The number of hydrogen-bond acceptors (Lipinski definition) is 7. The third kappa shape index (κ3) is 26.8. The first-order valence-corrected chi connectivity index (χ1v) is 17.4. The van der Waals surface area contributed by atoms with E-state index in [2.05, 4.69) is 20.8 Å². The first-order chi connectivity index (χ1) is 18.3. The van der Waals surface area contributed by atoms with Crippen molar-refractivity contribution in [3.8, 4) is 0 Å². The average Bonchev–Trinajstić information content (AvgIpc) is 2.86. The fourth-order valence-electron chi connectivity index (χ4n) is 4.98. The largest absolute Gasteiger partial charge is 0.501 e. The van der Waals surface area contributed by atoms with E-state index in [0.29, 0.717) is 45.6 Å². The summed E-state index contributed by atoms with van der Waals surface area (Å²) < 4.78 is 34.4. The minimum Gasteiger partial charge on any atom is -0.382 e. The Labute approximate surface area is 249 Å². The molecule has 0 aromatic rings. The van der Waals surface area contributed by atoms with Crippen LogP contribution in [0, 0.1) is 5.92 Å². The molecule has 0 aromatic heterocycles. The van der Waals surface area contributed by atoms with E-state index in [-0.39, 0.29) is 17.9 Å². The van der Waals surface area contributed by atoms with Crippen LogP contribution in [0.15, 0.2) is 0 Å². The van der Waals surface area contributed by atoms with Gasteiger partial charge in [-0.05, 0) is 32.6 Å². The van der Waals surface area contributed by atoms with E-state index >= 15 is 0 Å². The molecule has 39 heavy (non-hydrogen) atoms. The fourth-order valence-corrected chi connectivity index (χ4v) is 7.48. The number of halogens is 1. The van der Waals surface area contributed by atoms with Crippen molar-refractivity contribution in [3.05, 3.63) is 0 Å². The van der Waals surface area contributed by atoms with Crippen LogP contribution in [-0.4, -0.2) is 75.3 Å². The van der Waals surface area contributed by atoms with Crippen molar-refractivity contribution in [1.82, 2.24) is 0 Å². The first-order valence-electron chi connectivity index (χ1n) is 15.5. The summed E-state index contributed by atoms with van der Waals surface area (Å²) in [6, 6.07) is 0.782. The number of ether oxygens (including phenoxy) is 3. The van der Waals surface area contributed by atoms with Gasteiger partial charge in [0.25, 0.3) is 0 Å². The third-order valence-electron chi connectivity index (χ3n) is 6.95. The van der Waals surface area contributed by atoms with Gasteiger partial charge in [-0.3, -0.25) is 0 Å². The summed E-state index contributed by atoms with van der Waals surface area (Å²) >= 11 is 0. The Bertz CT molecular complexity index is 472. The second-order valence-corrected chi connectivity index (χ2v) is 14.2. The molecule has 0 spiro atoms. The molecule has 0 saturated carbocycles. The van der Waals surface area contributed by atoms with Crippen molar-refractivity contribution in [2.45, 2.75) is 129 Å². The Morgan fingerprint density at radius 1 is 0.590 bits per heavy atom. The Balaban J connectivity index is 0. The van der Waals surface area contributed by atoms with E-state index in [0.717, 1.165) is 25.3 Å². The molecular formula is C30H66ClNO6Si. The predicted molar refractivity (Wildman–Crippen MR) is 168 cm³/mol. The molecule has 0 amide bonds. The fraction of sp³-hybridized carbons (Fsp3) is 1.00. The van der Waals surface area contributed by atoms with Crippen molar-refractivity contribution in [2.75, 3.05) is 61.0 Å². The maximum absolute atomic E-state index is 6.46. The van der Waals surface area contributed by atoms with Crippen LogP contribution in [0.5, 0.6) is 0 Å². The van der Waals surface area contributed by atoms with Gasteiger partial charge in [0, 0.05) is 32.9 Å². The maximum atomic E-state index is 6.46. The van der Waals surface area contributed by atoms with Gasteiger partial charge in [0.2, 0.25) is 0 Å². The van der Waals surface area contributed by atoms with Crippen molar-refractivity contribution in [2.24, 2.45) is 11.7 Å². The summed E-state index contributed by atoms with van der Waals surface area (Å²) in [4.78, 5) is 0. The summed E-state index contributed by atoms with van der Waals surface area (Å²) in [7, 11) is 2.16. The number of unbranched alkanes of at least 4 members (excludes halogenated alkanes) is 10. The molecule has 9 heteroatoms. The molecule has 0 rings (SSSR count). The lowest BCUT2D eigenvalue weighted by molar-refractivity contribution is 0.0140. The second-order valence-electron chi connectivity index (χ2n) is 11.5.